The molecule has 0 radical (unpaired) electrons. The normalized spacial score (nSPS) is 12.1. The molecular weight excluding hydrogens is 467 g/mol. The number of nitrogens with zero attached hydrogens (tertiary/aromatic N) is 1. The number of nitrogens with one attached hydrogen (secondary N) is 1. The Balaban J connectivity index is 1.55. The summed E-state index contributed by atoms with van der Waals surface area (Å²) in [6.07, 6.45) is 2.38. The van der Waals surface area contributed by atoms with Crippen LogP contribution in [0.2, 0.25) is 0 Å². The summed E-state index contributed by atoms with van der Waals surface area (Å²) in [5.74, 6) is 0.463. The van der Waals surface area contributed by atoms with Crippen molar-refractivity contribution in [2.45, 2.75) is 71.8 Å². The van der Waals surface area contributed by atoms with Crippen molar-refractivity contribution in [3.8, 4) is 11.5 Å². The fourth-order valence-electron chi connectivity index (χ4n) is 3.90. The molecule has 0 heterocycles. The van der Waals surface area contributed by atoms with Gasteiger partial charge in [0.15, 0.2) is 0 Å². The number of halogens is 1. The number of carbonyl (C=O) groups is 1. The minimum absolute atomic E-state index is 0.145. The largest absolute Gasteiger partial charge is 0.507 e. The van der Waals surface area contributed by atoms with Gasteiger partial charge in [0.1, 0.15) is 23.9 Å². The molecular formula is C31H37FN2O3. The number of phenols is 1. The standard InChI is InChI=1S/C31H37FN2O3/c1-30(2,3)25-17-22(18-26(29(25)36)31(4,5)6)13-16-28(35)34-33-19-21-11-14-24(15-12-21)37-20-23-9-7-8-10-27(23)32/h7-12,14-15,17-19,36H,13,16,20H2,1-6H3,(H,34,35)/b33-19-. The van der Waals surface area contributed by atoms with Crippen LogP contribution in [0, 0.1) is 5.82 Å². The highest BCUT2D eigenvalue weighted by atomic mass is 19.1. The highest BCUT2D eigenvalue weighted by Crippen LogP contribution is 2.40. The van der Waals surface area contributed by atoms with E-state index in [-0.39, 0.29) is 35.6 Å². The fraction of sp³-hybridized carbons (Fsp3) is 0.355. The van der Waals surface area contributed by atoms with Crippen molar-refractivity contribution in [1.82, 2.24) is 5.43 Å². The second-order valence-corrected chi connectivity index (χ2v) is 11.3. The third-order valence-corrected chi connectivity index (χ3v) is 6.06. The predicted octanol–water partition coefficient (Wildman–Crippen LogP) is 6.79. The molecule has 0 saturated heterocycles. The molecule has 6 heteroatoms. The zero-order valence-corrected chi connectivity index (χ0v) is 22.6. The molecule has 196 valence electrons. The number of rotatable bonds is 8. The third kappa shape index (κ3) is 7.91. The molecule has 0 aliphatic heterocycles. The first-order chi connectivity index (χ1) is 17.3. The van der Waals surface area contributed by atoms with E-state index in [1.807, 2.05) is 24.3 Å². The maximum atomic E-state index is 13.7. The van der Waals surface area contributed by atoms with E-state index in [2.05, 4.69) is 52.1 Å². The van der Waals surface area contributed by atoms with E-state index in [0.29, 0.717) is 23.5 Å². The van der Waals surface area contributed by atoms with Crippen LogP contribution in [-0.2, 0) is 28.7 Å². The van der Waals surface area contributed by atoms with Gasteiger partial charge in [0.2, 0.25) is 5.91 Å². The smallest absolute Gasteiger partial charge is 0.240 e. The predicted molar refractivity (Wildman–Crippen MR) is 147 cm³/mol. The summed E-state index contributed by atoms with van der Waals surface area (Å²) in [7, 11) is 0. The molecule has 3 rings (SSSR count). The summed E-state index contributed by atoms with van der Waals surface area (Å²) >= 11 is 0. The molecule has 1 amide bonds. The number of benzene rings is 3. The van der Waals surface area contributed by atoms with Crippen LogP contribution >= 0.6 is 0 Å². The van der Waals surface area contributed by atoms with Gasteiger partial charge in [-0.15, -0.1) is 0 Å². The molecule has 0 spiro atoms. The highest BCUT2D eigenvalue weighted by molar-refractivity contribution is 5.82. The molecule has 37 heavy (non-hydrogen) atoms. The van der Waals surface area contributed by atoms with Gasteiger partial charge in [-0.05, 0) is 69.8 Å². The summed E-state index contributed by atoms with van der Waals surface area (Å²) < 4.78 is 19.4. The van der Waals surface area contributed by atoms with Gasteiger partial charge in [-0.1, -0.05) is 71.9 Å². The lowest BCUT2D eigenvalue weighted by Crippen LogP contribution is -2.20. The van der Waals surface area contributed by atoms with Crippen molar-refractivity contribution in [1.29, 1.82) is 0 Å². The molecule has 5 nitrogen and oxygen atoms in total. The Morgan fingerprint density at radius 2 is 1.57 bits per heavy atom. The lowest BCUT2D eigenvalue weighted by molar-refractivity contribution is -0.121. The van der Waals surface area contributed by atoms with Crippen LogP contribution in [0.1, 0.15) is 75.8 Å². The Morgan fingerprint density at radius 1 is 0.973 bits per heavy atom. The highest BCUT2D eigenvalue weighted by Gasteiger charge is 2.26. The van der Waals surface area contributed by atoms with E-state index in [1.54, 1.807) is 36.5 Å². The molecule has 0 unspecified atom stereocenters. The van der Waals surface area contributed by atoms with Gasteiger partial charge in [-0.25, -0.2) is 9.82 Å². The van der Waals surface area contributed by atoms with Crippen molar-refractivity contribution in [2.75, 3.05) is 0 Å². The number of phenolic OH excluding ortho intramolecular Hbond substituents is 1. The lowest BCUT2D eigenvalue weighted by Gasteiger charge is -2.28. The van der Waals surface area contributed by atoms with Crippen LogP contribution in [0.15, 0.2) is 65.8 Å². The number of amides is 1. The Labute approximate surface area is 219 Å². The van der Waals surface area contributed by atoms with Gasteiger partial charge in [0.05, 0.1) is 6.21 Å². The Hall–Kier alpha value is -3.67. The maximum Gasteiger partial charge on any atom is 0.240 e. The number of hydrogen-bond acceptors (Lipinski definition) is 4. The van der Waals surface area contributed by atoms with E-state index in [4.69, 9.17) is 4.74 Å². The van der Waals surface area contributed by atoms with Gasteiger partial charge in [0.25, 0.3) is 0 Å². The molecule has 3 aromatic carbocycles. The Bertz CT molecular complexity index is 1220. The molecule has 0 aliphatic rings. The van der Waals surface area contributed by atoms with Crippen LogP contribution in [-0.4, -0.2) is 17.2 Å². The van der Waals surface area contributed by atoms with Crippen LogP contribution in [0.4, 0.5) is 4.39 Å². The molecule has 2 N–H and O–H groups in total. The molecule has 0 saturated carbocycles. The van der Waals surface area contributed by atoms with Crippen LogP contribution in [0.25, 0.3) is 0 Å². The van der Waals surface area contributed by atoms with E-state index >= 15 is 0 Å². The monoisotopic (exact) mass is 504 g/mol. The SMILES string of the molecule is CC(C)(C)c1cc(CCC(=O)N/N=C\c2ccc(OCc3ccccc3F)cc2)cc(C(C)(C)C)c1O. The summed E-state index contributed by atoms with van der Waals surface area (Å²) in [5, 5.41) is 14.9. The second kappa shape index (κ2) is 11.6. The molecule has 0 fully saturated rings. The first-order valence-electron chi connectivity index (χ1n) is 12.5. The number of carbonyl (C=O) groups excluding carboxylic acids is 1. The summed E-state index contributed by atoms with van der Waals surface area (Å²) in [6.45, 7) is 12.6. The molecule has 0 bridgehead atoms. The summed E-state index contributed by atoms with van der Waals surface area (Å²) in [5.41, 5.74) is 6.21. The average molecular weight is 505 g/mol. The van der Waals surface area contributed by atoms with Crippen molar-refractivity contribution in [3.05, 3.63) is 94.3 Å². The van der Waals surface area contributed by atoms with Crippen molar-refractivity contribution >= 4 is 12.1 Å². The lowest BCUT2D eigenvalue weighted by atomic mass is 9.78. The van der Waals surface area contributed by atoms with Crippen molar-refractivity contribution in [3.63, 3.8) is 0 Å². The molecule has 0 aliphatic carbocycles. The van der Waals surface area contributed by atoms with Gasteiger partial charge in [-0.2, -0.15) is 5.10 Å². The topological polar surface area (TPSA) is 70.9 Å². The zero-order chi connectivity index (χ0) is 27.2. The van der Waals surface area contributed by atoms with Gasteiger partial charge >= 0.3 is 0 Å². The minimum Gasteiger partial charge on any atom is -0.507 e. The van der Waals surface area contributed by atoms with E-state index < -0.39 is 0 Å². The summed E-state index contributed by atoms with van der Waals surface area (Å²) in [6, 6.07) is 17.7. The van der Waals surface area contributed by atoms with E-state index in [9.17, 15) is 14.3 Å². The Kier molecular flexibility index (Phi) is 8.74. The van der Waals surface area contributed by atoms with Gasteiger partial charge in [0, 0.05) is 12.0 Å². The van der Waals surface area contributed by atoms with Crippen LogP contribution in [0.5, 0.6) is 11.5 Å². The maximum absolute atomic E-state index is 13.7. The van der Waals surface area contributed by atoms with Gasteiger partial charge < -0.3 is 9.84 Å². The number of aryl methyl sites for hydroxylation is 1. The first kappa shape index (κ1) is 27.9. The average Bonchev–Trinajstić information content (AvgIpc) is 2.82. The molecule has 3 aromatic rings. The number of aromatic hydroxyl groups is 1. The van der Waals surface area contributed by atoms with Crippen molar-refractivity contribution < 1.29 is 19.0 Å². The Morgan fingerprint density at radius 3 is 2.14 bits per heavy atom. The van der Waals surface area contributed by atoms with Crippen molar-refractivity contribution in [2.24, 2.45) is 5.10 Å². The number of ether oxygens (including phenoxy) is 1. The minimum atomic E-state index is -0.295. The van der Waals surface area contributed by atoms with Gasteiger partial charge in [-0.3, -0.25) is 4.79 Å². The third-order valence-electron chi connectivity index (χ3n) is 6.06. The van der Waals surface area contributed by atoms with Crippen LogP contribution in [0.3, 0.4) is 0 Å². The summed E-state index contributed by atoms with van der Waals surface area (Å²) in [4.78, 5) is 12.4. The molecule has 0 aromatic heterocycles. The van der Waals surface area contributed by atoms with E-state index in [1.165, 1.54) is 6.07 Å². The molecule has 0 atom stereocenters. The van der Waals surface area contributed by atoms with Crippen LogP contribution < -0.4 is 10.2 Å². The zero-order valence-electron chi connectivity index (χ0n) is 22.6. The van der Waals surface area contributed by atoms with E-state index in [0.717, 1.165) is 22.3 Å². The second-order valence-electron chi connectivity index (χ2n) is 11.3. The number of hydrazone groups is 1. The quantitative estimate of drug-likeness (QED) is 0.262. The number of hydrogen-bond donors (Lipinski definition) is 2. The first-order valence-corrected chi connectivity index (χ1v) is 12.5. The fourth-order valence-corrected chi connectivity index (χ4v) is 3.90.